The van der Waals surface area contributed by atoms with E-state index in [4.69, 9.17) is 9.47 Å². The summed E-state index contributed by atoms with van der Waals surface area (Å²) in [4.78, 5) is 2.26. The minimum Gasteiger partial charge on any atom is -0.486 e. The third kappa shape index (κ3) is 2.60. The molecule has 0 spiro atoms. The molecule has 3 rings (SSSR count). The van der Waals surface area contributed by atoms with Crippen molar-refractivity contribution >= 4 is 0 Å². The highest BCUT2D eigenvalue weighted by atomic mass is 16.6. The lowest BCUT2D eigenvalue weighted by atomic mass is 10.1. The van der Waals surface area contributed by atoms with E-state index in [0.717, 1.165) is 44.0 Å². The topological polar surface area (TPSA) is 41.9 Å². The lowest BCUT2D eigenvalue weighted by Crippen LogP contribution is -2.46. The first-order valence-corrected chi connectivity index (χ1v) is 6.60. The van der Waals surface area contributed by atoms with E-state index in [1.165, 1.54) is 0 Å². The quantitative estimate of drug-likeness (QED) is 0.857. The summed E-state index contributed by atoms with van der Waals surface area (Å²) in [7, 11) is 0. The summed E-state index contributed by atoms with van der Waals surface area (Å²) in [6.07, 6.45) is 1.85. The maximum Gasteiger partial charge on any atom is 0.161 e. The molecule has 0 bridgehead atoms. The average Bonchev–Trinajstić information content (AvgIpc) is 2.39. The molecule has 4 nitrogen and oxygen atoms in total. The van der Waals surface area contributed by atoms with Crippen molar-refractivity contribution in [2.75, 3.05) is 26.2 Å². The molecule has 0 aliphatic carbocycles. The van der Waals surface area contributed by atoms with Gasteiger partial charge in [-0.2, -0.15) is 0 Å². The number of aliphatic hydroxyl groups is 1. The number of β-amino-alcohol motifs (C(OH)–C–C–N with tert-alkyl or cyclic N) is 1. The van der Waals surface area contributed by atoms with Crippen LogP contribution in [0.3, 0.4) is 0 Å². The standard InChI is InChI=1S/C14H19NO3/c16-11-4-3-7-15(8-11)9-12-10-17-13-5-1-2-6-14(13)18-12/h1-2,5-6,11-12,16H,3-4,7-10H2. The van der Waals surface area contributed by atoms with Gasteiger partial charge in [0.1, 0.15) is 12.7 Å². The van der Waals surface area contributed by atoms with Crippen LogP contribution in [0.5, 0.6) is 11.5 Å². The van der Waals surface area contributed by atoms with E-state index in [2.05, 4.69) is 4.90 Å². The molecule has 18 heavy (non-hydrogen) atoms. The number of para-hydroxylation sites is 2. The number of fused-ring (bicyclic) bond motifs is 1. The fraction of sp³-hybridized carbons (Fsp3) is 0.571. The van der Waals surface area contributed by atoms with Crippen LogP contribution in [0.25, 0.3) is 0 Å². The van der Waals surface area contributed by atoms with E-state index >= 15 is 0 Å². The van der Waals surface area contributed by atoms with Crippen molar-refractivity contribution in [3.63, 3.8) is 0 Å². The number of rotatable bonds is 2. The number of piperidine rings is 1. The van der Waals surface area contributed by atoms with Crippen LogP contribution in [0.2, 0.25) is 0 Å². The average molecular weight is 249 g/mol. The molecule has 0 aromatic heterocycles. The third-order valence-corrected chi connectivity index (χ3v) is 3.51. The van der Waals surface area contributed by atoms with Crippen molar-refractivity contribution in [2.24, 2.45) is 0 Å². The Morgan fingerprint density at radius 3 is 2.94 bits per heavy atom. The van der Waals surface area contributed by atoms with Crippen molar-refractivity contribution in [1.82, 2.24) is 4.90 Å². The zero-order valence-corrected chi connectivity index (χ0v) is 10.4. The smallest absolute Gasteiger partial charge is 0.161 e. The van der Waals surface area contributed by atoms with Crippen LogP contribution >= 0.6 is 0 Å². The molecule has 2 atom stereocenters. The van der Waals surface area contributed by atoms with Gasteiger partial charge in [-0.3, -0.25) is 4.90 Å². The van der Waals surface area contributed by atoms with Crippen LogP contribution in [0, 0.1) is 0 Å². The summed E-state index contributed by atoms with van der Waals surface area (Å²) in [6, 6.07) is 7.77. The molecular formula is C14H19NO3. The molecule has 1 N–H and O–H groups in total. The van der Waals surface area contributed by atoms with Gasteiger partial charge in [-0.05, 0) is 31.5 Å². The molecule has 2 aliphatic rings. The summed E-state index contributed by atoms with van der Waals surface area (Å²) >= 11 is 0. The predicted octanol–water partition coefficient (Wildman–Crippen LogP) is 1.28. The van der Waals surface area contributed by atoms with E-state index in [0.29, 0.717) is 6.61 Å². The minimum absolute atomic E-state index is 0.0604. The zero-order valence-electron chi connectivity index (χ0n) is 10.4. The monoisotopic (exact) mass is 249 g/mol. The van der Waals surface area contributed by atoms with Gasteiger partial charge < -0.3 is 14.6 Å². The molecule has 0 saturated carbocycles. The van der Waals surface area contributed by atoms with Gasteiger partial charge in [0.05, 0.1) is 6.10 Å². The Bertz CT molecular complexity index is 410. The van der Waals surface area contributed by atoms with Gasteiger partial charge in [0.15, 0.2) is 11.5 Å². The second kappa shape index (κ2) is 5.16. The van der Waals surface area contributed by atoms with Gasteiger partial charge in [-0.25, -0.2) is 0 Å². The fourth-order valence-corrected chi connectivity index (χ4v) is 2.64. The summed E-state index contributed by atoms with van der Waals surface area (Å²) in [6.45, 7) is 3.20. The fourth-order valence-electron chi connectivity index (χ4n) is 2.64. The van der Waals surface area contributed by atoms with E-state index in [1.807, 2.05) is 24.3 Å². The van der Waals surface area contributed by atoms with E-state index in [-0.39, 0.29) is 12.2 Å². The summed E-state index contributed by atoms with van der Waals surface area (Å²) < 4.78 is 11.6. The predicted molar refractivity (Wildman–Crippen MR) is 68.0 cm³/mol. The Balaban J connectivity index is 1.59. The van der Waals surface area contributed by atoms with Gasteiger partial charge >= 0.3 is 0 Å². The molecular weight excluding hydrogens is 230 g/mol. The Kier molecular flexibility index (Phi) is 3.39. The third-order valence-electron chi connectivity index (χ3n) is 3.51. The Morgan fingerprint density at radius 1 is 1.28 bits per heavy atom. The summed E-state index contributed by atoms with van der Waals surface area (Å²) in [5, 5.41) is 9.65. The molecule has 4 heteroatoms. The van der Waals surface area contributed by atoms with Crippen LogP contribution in [0.15, 0.2) is 24.3 Å². The Hall–Kier alpha value is -1.26. The number of nitrogens with zero attached hydrogens (tertiary/aromatic N) is 1. The lowest BCUT2D eigenvalue weighted by Gasteiger charge is -2.34. The molecule has 0 radical (unpaired) electrons. The molecule has 1 aromatic rings. The molecule has 2 aliphatic heterocycles. The van der Waals surface area contributed by atoms with E-state index in [9.17, 15) is 5.11 Å². The van der Waals surface area contributed by atoms with Crippen LogP contribution < -0.4 is 9.47 Å². The maximum absolute atomic E-state index is 9.65. The first kappa shape index (κ1) is 11.8. The maximum atomic E-state index is 9.65. The van der Waals surface area contributed by atoms with Crippen LogP contribution in [-0.4, -0.2) is 48.5 Å². The number of likely N-dealkylation sites (tertiary alicyclic amines) is 1. The normalized spacial score (nSPS) is 28.1. The van der Waals surface area contributed by atoms with Gasteiger partial charge in [0.2, 0.25) is 0 Å². The number of hydrogen-bond donors (Lipinski definition) is 1. The molecule has 98 valence electrons. The molecule has 1 saturated heterocycles. The van der Waals surface area contributed by atoms with Gasteiger partial charge in [0.25, 0.3) is 0 Å². The van der Waals surface area contributed by atoms with Crippen LogP contribution in [0.1, 0.15) is 12.8 Å². The van der Waals surface area contributed by atoms with E-state index < -0.39 is 0 Å². The minimum atomic E-state index is -0.185. The molecule has 1 aromatic carbocycles. The van der Waals surface area contributed by atoms with E-state index in [1.54, 1.807) is 0 Å². The number of hydrogen-bond acceptors (Lipinski definition) is 4. The highest BCUT2D eigenvalue weighted by Gasteiger charge is 2.25. The number of aliphatic hydroxyl groups excluding tert-OH is 1. The van der Waals surface area contributed by atoms with Crippen molar-refractivity contribution in [3.05, 3.63) is 24.3 Å². The lowest BCUT2D eigenvalue weighted by molar-refractivity contribution is 0.0213. The van der Waals surface area contributed by atoms with Gasteiger partial charge in [0, 0.05) is 13.1 Å². The summed E-state index contributed by atoms with van der Waals surface area (Å²) in [5.41, 5.74) is 0. The molecule has 0 amide bonds. The number of benzene rings is 1. The van der Waals surface area contributed by atoms with Crippen molar-refractivity contribution in [1.29, 1.82) is 0 Å². The first-order valence-electron chi connectivity index (χ1n) is 6.60. The van der Waals surface area contributed by atoms with Gasteiger partial charge in [-0.15, -0.1) is 0 Å². The second-order valence-electron chi connectivity index (χ2n) is 5.05. The number of ether oxygens (including phenoxy) is 2. The second-order valence-corrected chi connectivity index (χ2v) is 5.05. The highest BCUT2D eigenvalue weighted by molar-refractivity contribution is 5.40. The highest BCUT2D eigenvalue weighted by Crippen LogP contribution is 2.31. The summed E-state index contributed by atoms with van der Waals surface area (Å²) in [5.74, 6) is 1.65. The Labute approximate surface area is 107 Å². The van der Waals surface area contributed by atoms with Crippen molar-refractivity contribution in [3.8, 4) is 11.5 Å². The van der Waals surface area contributed by atoms with Gasteiger partial charge in [-0.1, -0.05) is 12.1 Å². The zero-order chi connectivity index (χ0) is 12.4. The van der Waals surface area contributed by atoms with Crippen LogP contribution in [-0.2, 0) is 0 Å². The molecule has 2 unspecified atom stereocenters. The first-order chi connectivity index (χ1) is 8.81. The van der Waals surface area contributed by atoms with Crippen molar-refractivity contribution in [2.45, 2.75) is 25.0 Å². The SMILES string of the molecule is OC1CCCN(CC2COc3ccccc3O2)C1. The van der Waals surface area contributed by atoms with Crippen molar-refractivity contribution < 1.29 is 14.6 Å². The Morgan fingerprint density at radius 2 is 2.11 bits per heavy atom. The molecule has 1 fully saturated rings. The van der Waals surface area contributed by atoms with Crippen LogP contribution in [0.4, 0.5) is 0 Å². The largest absolute Gasteiger partial charge is 0.486 e. The molecule has 2 heterocycles.